The Morgan fingerprint density at radius 3 is 2.43 bits per heavy atom. The van der Waals surface area contributed by atoms with Crippen molar-refractivity contribution in [3.8, 4) is 5.69 Å². The summed E-state index contributed by atoms with van der Waals surface area (Å²) in [6.07, 6.45) is -0.284. The molecule has 3 aromatic rings. The van der Waals surface area contributed by atoms with Gasteiger partial charge in [0.2, 0.25) is 0 Å². The van der Waals surface area contributed by atoms with Gasteiger partial charge < -0.3 is 0 Å². The van der Waals surface area contributed by atoms with E-state index in [1.165, 1.54) is 11.1 Å². The molecule has 0 saturated heterocycles. The molecule has 28 heavy (non-hydrogen) atoms. The number of hydrogen-bond donors (Lipinski definition) is 0. The molecule has 2 heterocycles. The van der Waals surface area contributed by atoms with E-state index in [9.17, 15) is 13.2 Å². The summed E-state index contributed by atoms with van der Waals surface area (Å²) in [7, 11) is 0. The van der Waals surface area contributed by atoms with Crippen molar-refractivity contribution in [3.63, 3.8) is 0 Å². The minimum absolute atomic E-state index is 0.353. The van der Waals surface area contributed by atoms with Crippen LogP contribution in [-0.4, -0.2) is 15.5 Å². The third kappa shape index (κ3) is 3.55. The van der Waals surface area contributed by atoms with Crippen LogP contribution >= 0.6 is 0 Å². The van der Waals surface area contributed by atoms with Gasteiger partial charge in [0.05, 0.1) is 34.0 Å². The average molecular weight is 382 g/mol. The van der Waals surface area contributed by atoms with Crippen LogP contribution < -0.4 is 5.01 Å². The number of hydrogen-bond acceptors (Lipinski definition) is 3. The number of hydrazone groups is 1. The van der Waals surface area contributed by atoms with Gasteiger partial charge in [0.15, 0.2) is 0 Å². The second-order valence-corrected chi connectivity index (χ2v) is 6.45. The highest BCUT2D eigenvalue weighted by Crippen LogP contribution is 2.32. The van der Waals surface area contributed by atoms with E-state index in [2.05, 4.69) is 10.2 Å². The molecule has 2 aromatic carbocycles. The Morgan fingerprint density at radius 2 is 1.68 bits per heavy atom. The standard InChI is InChI=1S/C21H17F3N4/c1-15-13-20(28(25-15)17-8-3-2-4-9-17)19-11-6-12-27(26-19)18-10-5-7-16(14-18)21(22,23)24/h2-10,12-14H,11H2,1H3. The summed E-state index contributed by atoms with van der Waals surface area (Å²) in [5, 5.41) is 10.6. The van der Waals surface area contributed by atoms with E-state index in [1.807, 2.05) is 49.4 Å². The minimum atomic E-state index is -4.40. The molecule has 1 aromatic heterocycles. The molecule has 0 fully saturated rings. The maximum atomic E-state index is 13.0. The van der Waals surface area contributed by atoms with Crippen LogP contribution in [0.15, 0.2) is 78.0 Å². The number of halogens is 3. The highest BCUT2D eigenvalue weighted by atomic mass is 19.4. The van der Waals surface area contributed by atoms with Crippen LogP contribution in [0.4, 0.5) is 18.9 Å². The number of rotatable bonds is 3. The lowest BCUT2D eigenvalue weighted by molar-refractivity contribution is -0.137. The summed E-state index contributed by atoms with van der Waals surface area (Å²) < 4.78 is 40.9. The van der Waals surface area contributed by atoms with E-state index in [0.29, 0.717) is 12.1 Å². The van der Waals surface area contributed by atoms with E-state index >= 15 is 0 Å². The molecule has 4 rings (SSSR count). The fourth-order valence-electron chi connectivity index (χ4n) is 3.06. The Kier molecular flexibility index (Phi) is 4.50. The first-order valence-corrected chi connectivity index (χ1v) is 8.75. The molecule has 0 N–H and O–H groups in total. The van der Waals surface area contributed by atoms with Crippen LogP contribution in [-0.2, 0) is 6.18 Å². The molecule has 0 aliphatic carbocycles. The summed E-state index contributed by atoms with van der Waals surface area (Å²) >= 11 is 0. The largest absolute Gasteiger partial charge is 0.416 e. The molecule has 0 amide bonds. The van der Waals surface area contributed by atoms with E-state index < -0.39 is 11.7 Å². The molecule has 7 heteroatoms. The van der Waals surface area contributed by atoms with Crippen LogP contribution in [0, 0.1) is 6.92 Å². The van der Waals surface area contributed by atoms with Gasteiger partial charge in [0.25, 0.3) is 0 Å². The average Bonchev–Trinajstić information content (AvgIpc) is 3.10. The van der Waals surface area contributed by atoms with Gasteiger partial charge in [-0.3, -0.25) is 0 Å². The van der Waals surface area contributed by atoms with Crippen molar-refractivity contribution in [3.05, 3.63) is 89.9 Å². The van der Waals surface area contributed by atoms with E-state index in [1.54, 1.807) is 16.9 Å². The lowest BCUT2D eigenvalue weighted by atomic mass is 10.1. The highest BCUT2D eigenvalue weighted by Gasteiger charge is 2.31. The number of benzene rings is 2. The van der Waals surface area contributed by atoms with E-state index in [-0.39, 0.29) is 0 Å². The Hall–Kier alpha value is -3.35. The van der Waals surface area contributed by atoms with Gasteiger partial charge in [-0.1, -0.05) is 30.3 Å². The Labute approximate surface area is 160 Å². The van der Waals surface area contributed by atoms with E-state index in [4.69, 9.17) is 0 Å². The van der Waals surface area contributed by atoms with Gasteiger partial charge >= 0.3 is 6.18 Å². The molecule has 1 aliphatic heterocycles. The summed E-state index contributed by atoms with van der Waals surface area (Å²) in [6.45, 7) is 1.90. The van der Waals surface area contributed by atoms with Crippen LogP contribution in [0.1, 0.15) is 23.4 Å². The number of alkyl halides is 3. The summed E-state index contributed by atoms with van der Waals surface area (Å²) in [5.41, 5.74) is 2.92. The molecule has 0 spiro atoms. The van der Waals surface area contributed by atoms with Gasteiger partial charge in [0, 0.05) is 12.6 Å². The van der Waals surface area contributed by atoms with Crippen LogP contribution in [0.2, 0.25) is 0 Å². The van der Waals surface area contributed by atoms with Crippen molar-refractivity contribution >= 4 is 11.4 Å². The van der Waals surface area contributed by atoms with Crippen molar-refractivity contribution in [2.24, 2.45) is 5.10 Å². The van der Waals surface area contributed by atoms with Gasteiger partial charge in [-0.2, -0.15) is 23.4 Å². The number of allylic oxidation sites excluding steroid dienone is 1. The molecule has 0 atom stereocenters. The second-order valence-electron chi connectivity index (χ2n) is 6.45. The molecular weight excluding hydrogens is 365 g/mol. The summed E-state index contributed by atoms with van der Waals surface area (Å²) in [6, 6.07) is 16.7. The number of aromatic nitrogens is 2. The van der Waals surface area contributed by atoms with Crippen molar-refractivity contribution in [1.29, 1.82) is 0 Å². The molecule has 0 radical (unpaired) electrons. The third-order valence-corrected chi connectivity index (χ3v) is 4.35. The van der Waals surface area contributed by atoms with Crippen molar-refractivity contribution in [2.75, 3.05) is 5.01 Å². The SMILES string of the molecule is Cc1cc(C2=NN(c3cccc(C(F)(F)F)c3)C=CC2)n(-c2ccccc2)n1. The predicted octanol–water partition coefficient (Wildman–Crippen LogP) is 5.33. The van der Waals surface area contributed by atoms with Gasteiger partial charge in [-0.25, -0.2) is 9.69 Å². The zero-order valence-corrected chi connectivity index (χ0v) is 15.1. The zero-order chi connectivity index (χ0) is 19.7. The number of aryl methyl sites for hydroxylation is 1. The molecule has 0 unspecified atom stereocenters. The minimum Gasteiger partial charge on any atom is -0.241 e. The Morgan fingerprint density at radius 1 is 0.929 bits per heavy atom. The maximum Gasteiger partial charge on any atom is 0.416 e. The van der Waals surface area contributed by atoms with Crippen molar-refractivity contribution in [1.82, 2.24) is 9.78 Å². The Balaban J connectivity index is 1.73. The number of anilines is 1. The monoisotopic (exact) mass is 382 g/mol. The molecule has 0 saturated carbocycles. The first kappa shape index (κ1) is 18.0. The molecule has 142 valence electrons. The van der Waals surface area contributed by atoms with E-state index in [0.717, 1.165) is 34.9 Å². The highest BCUT2D eigenvalue weighted by molar-refractivity contribution is 6.01. The fourth-order valence-corrected chi connectivity index (χ4v) is 3.06. The van der Waals surface area contributed by atoms with Crippen molar-refractivity contribution < 1.29 is 13.2 Å². The molecule has 1 aliphatic rings. The quantitative estimate of drug-likeness (QED) is 0.614. The van der Waals surface area contributed by atoms with Crippen LogP contribution in [0.3, 0.4) is 0 Å². The number of nitrogens with zero attached hydrogens (tertiary/aromatic N) is 4. The zero-order valence-electron chi connectivity index (χ0n) is 15.1. The first-order valence-electron chi connectivity index (χ1n) is 8.75. The topological polar surface area (TPSA) is 33.4 Å². The third-order valence-electron chi connectivity index (χ3n) is 4.35. The fraction of sp³-hybridized carbons (Fsp3) is 0.143. The summed E-state index contributed by atoms with van der Waals surface area (Å²) in [5.74, 6) is 0. The normalized spacial score (nSPS) is 14.3. The van der Waals surface area contributed by atoms with Gasteiger partial charge in [-0.15, -0.1) is 0 Å². The van der Waals surface area contributed by atoms with Crippen LogP contribution in [0.25, 0.3) is 5.69 Å². The summed E-state index contributed by atoms with van der Waals surface area (Å²) in [4.78, 5) is 0. The van der Waals surface area contributed by atoms with Crippen molar-refractivity contribution in [2.45, 2.75) is 19.5 Å². The van der Waals surface area contributed by atoms with Gasteiger partial charge in [-0.05, 0) is 43.3 Å². The van der Waals surface area contributed by atoms with Crippen LogP contribution in [0.5, 0.6) is 0 Å². The lowest BCUT2D eigenvalue weighted by Crippen LogP contribution is -2.19. The van der Waals surface area contributed by atoms with Gasteiger partial charge in [0.1, 0.15) is 0 Å². The molecule has 0 bridgehead atoms. The lowest BCUT2D eigenvalue weighted by Gasteiger charge is -2.21. The number of para-hydroxylation sites is 1. The smallest absolute Gasteiger partial charge is 0.241 e. The molecule has 4 nitrogen and oxygen atoms in total. The second kappa shape index (κ2) is 6.99. The predicted molar refractivity (Wildman–Crippen MR) is 103 cm³/mol. The molecular formula is C21H17F3N4. The Bertz CT molecular complexity index is 1050. The maximum absolute atomic E-state index is 13.0. The first-order chi connectivity index (χ1) is 13.4.